The van der Waals surface area contributed by atoms with Crippen LogP contribution < -0.4 is 4.90 Å². The first-order chi connectivity index (χ1) is 16.5. The smallest absolute Gasteiger partial charge is 0.382 e. The summed E-state index contributed by atoms with van der Waals surface area (Å²) in [6.45, 7) is 8.52. The van der Waals surface area contributed by atoms with E-state index in [1.807, 2.05) is 24.3 Å². The second-order valence-electron chi connectivity index (χ2n) is 8.54. The maximum atomic E-state index is 13.4. The number of anilines is 2. The molecule has 4 rings (SSSR count). The van der Waals surface area contributed by atoms with Crippen molar-refractivity contribution in [3.05, 3.63) is 48.0 Å². The molecule has 2 aromatic carbocycles. The van der Waals surface area contributed by atoms with E-state index in [2.05, 4.69) is 14.7 Å². The molecule has 0 aliphatic carbocycles. The summed E-state index contributed by atoms with van der Waals surface area (Å²) < 4.78 is 50.7. The van der Waals surface area contributed by atoms with Gasteiger partial charge in [-0.25, -0.2) is 0 Å². The van der Waals surface area contributed by atoms with Gasteiger partial charge in [0.05, 0.1) is 36.8 Å². The number of ether oxygens (including phenoxy) is 2. The van der Waals surface area contributed by atoms with Crippen LogP contribution >= 0.6 is 24.2 Å². The van der Waals surface area contributed by atoms with E-state index in [1.165, 1.54) is 23.9 Å². The fourth-order valence-electron chi connectivity index (χ4n) is 4.37. The maximum absolute atomic E-state index is 13.4. The zero-order chi connectivity index (χ0) is 24.0. The van der Waals surface area contributed by atoms with Crippen molar-refractivity contribution >= 4 is 35.5 Å². The molecule has 35 heavy (non-hydrogen) atoms. The Kier molecular flexibility index (Phi) is 10.6. The number of rotatable bonds is 10. The van der Waals surface area contributed by atoms with Crippen LogP contribution in [0.15, 0.2) is 52.3 Å². The summed E-state index contributed by atoms with van der Waals surface area (Å²) in [5.74, 6) is 0. The highest BCUT2D eigenvalue weighted by Gasteiger charge is 2.33. The molecule has 0 aromatic heterocycles. The van der Waals surface area contributed by atoms with Crippen LogP contribution in [0.2, 0.25) is 0 Å². The number of para-hydroxylation sites is 1. The number of fused-ring (bicyclic) bond motifs is 2. The van der Waals surface area contributed by atoms with E-state index in [-0.39, 0.29) is 12.4 Å². The molecule has 2 aliphatic heterocycles. The second kappa shape index (κ2) is 13.2. The molecule has 5 nitrogen and oxygen atoms in total. The standard InChI is InChI=1S/C25H32F3N3O2S.ClH/c1-32-17-18-33-16-15-30-13-11-29(12-14-30)9-4-10-31-21-5-2-3-6-23(21)34-24-8-7-20(19-22(24)31)25(26,27)28;/h2-3,5-8,19H,4,9-18H2,1H3;1H. The van der Waals surface area contributed by atoms with Crippen molar-refractivity contribution in [3.8, 4) is 0 Å². The van der Waals surface area contributed by atoms with Crippen molar-refractivity contribution in [1.29, 1.82) is 0 Å². The molecular weight excluding hydrogens is 499 g/mol. The normalized spacial score (nSPS) is 16.5. The van der Waals surface area contributed by atoms with Crippen LogP contribution in [0.4, 0.5) is 24.5 Å². The van der Waals surface area contributed by atoms with Crippen LogP contribution in [0.5, 0.6) is 0 Å². The van der Waals surface area contributed by atoms with E-state index < -0.39 is 11.7 Å². The quantitative estimate of drug-likeness (QED) is 0.381. The third-order valence-corrected chi connectivity index (χ3v) is 7.39. The highest BCUT2D eigenvalue weighted by molar-refractivity contribution is 7.99. The van der Waals surface area contributed by atoms with Crippen LogP contribution in [0, 0.1) is 0 Å². The van der Waals surface area contributed by atoms with Crippen molar-refractivity contribution in [2.24, 2.45) is 0 Å². The number of benzene rings is 2. The first-order valence-corrected chi connectivity index (χ1v) is 12.5. The molecule has 194 valence electrons. The van der Waals surface area contributed by atoms with Crippen molar-refractivity contribution in [2.45, 2.75) is 22.4 Å². The van der Waals surface area contributed by atoms with Gasteiger partial charge in [-0.05, 0) is 43.3 Å². The first-order valence-electron chi connectivity index (χ1n) is 11.7. The lowest BCUT2D eigenvalue weighted by Crippen LogP contribution is -2.47. The Morgan fingerprint density at radius 2 is 1.51 bits per heavy atom. The lowest BCUT2D eigenvalue weighted by atomic mass is 10.1. The predicted molar refractivity (Wildman–Crippen MR) is 136 cm³/mol. The molecule has 0 unspecified atom stereocenters. The maximum Gasteiger partial charge on any atom is 0.416 e. The Bertz CT molecular complexity index is 942. The largest absolute Gasteiger partial charge is 0.416 e. The molecule has 10 heteroatoms. The highest BCUT2D eigenvalue weighted by atomic mass is 35.5. The minimum Gasteiger partial charge on any atom is -0.382 e. The van der Waals surface area contributed by atoms with Crippen molar-refractivity contribution in [1.82, 2.24) is 9.80 Å². The number of hydrogen-bond donors (Lipinski definition) is 0. The summed E-state index contributed by atoms with van der Waals surface area (Å²) in [5.41, 5.74) is 1.04. The topological polar surface area (TPSA) is 28.2 Å². The summed E-state index contributed by atoms with van der Waals surface area (Å²) >= 11 is 1.54. The molecule has 0 spiro atoms. The number of halogens is 4. The van der Waals surface area contributed by atoms with Crippen LogP contribution in [0.25, 0.3) is 0 Å². The third-order valence-electron chi connectivity index (χ3n) is 6.26. The van der Waals surface area contributed by atoms with Crippen molar-refractivity contribution < 1.29 is 22.6 Å². The fraction of sp³-hybridized carbons (Fsp3) is 0.520. The molecule has 0 bridgehead atoms. The van der Waals surface area contributed by atoms with Crippen LogP contribution in [-0.2, 0) is 15.7 Å². The molecular formula is C25H33ClF3N3O2S. The Morgan fingerprint density at radius 1 is 0.829 bits per heavy atom. The molecule has 0 radical (unpaired) electrons. The summed E-state index contributed by atoms with van der Waals surface area (Å²) in [6.07, 6.45) is -3.47. The van der Waals surface area contributed by atoms with Gasteiger partial charge in [-0.1, -0.05) is 23.9 Å². The van der Waals surface area contributed by atoms with Crippen LogP contribution in [0.1, 0.15) is 12.0 Å². The molecule has 0 N–H and O–H groups in total. The minimum absolute atomic E-state index is 0. The summed E-state index contributed by atoms with van der Waals surface area (Å²) in [4.78, 5) is 8.87. The summed E-state index contributed by atoms with van der Waals surface area (Å²) in [5, 5.41) is 0. The molecule has 2 heterocycles. The fourth-order valence-corrected chi connectivity index (χ4v) is 5.45. The Hall–Kier alpha value is -1.49. The van der Waals surface area contributed by atoms with Gasteiger partial charge in [0.25, 0.3) is 0 Å². The number of alkyl halides is 3. The molecule has 0 saturated carbocycles. The minimum atomic E-state index is -4.35. The van der Waals surface area contributed by atoms with Gasteiger partial charge in [-0.2, -0.15) is 13.2 Å². The van der Waals surface area contributed by atoms with Gasteiger partial charge >= 0.3 is 6.18 Å². The van der Waals surface area contributed by atoms with Crippen LogP contribution in [0.3, 0.4) is 0 Å². The zero-order valence-corrected chi connectivity index (χ0v) is 21.6. The van der Waals surface area contributed by atoms with E-state index in [4.69, 9.17) is 9.47 Å². The average Bonchev–Trinajstić information content (AvgIpc) is 2.83. The van der Waals surface area contributed by atoms with Gasteiger partial charge in [0.15, 0.2) is 0 Å². The van der Waals surface area contributed by atoms with Crippen molar-refractivity contribution in [3.63, 3.8) is 0 Å². The van der Waals surface area contributed by atoms with E-state index >= 15 is 0 Å². The van der Waals surface area contributed by atoms with Gasteiger partial charge in [-0.3, -0.25) is 4.90 Å². The van der Waals surface area contributed by atoms with Gasteiger partial charge in [0.2, 0.25) is 0 Å². The zero-order valence-electron chi connectivity index (χ0n) is 19.9. The molecule has 1 saturated heterocycles. The summed E-state index contributed by atoms with van der Waals surface area (Å²) in [6, 6.07) is 12.0. The van der Waals surface area contributed by atoms with Gasteiger partial charge in [-0.15, -0.1) is 12.4 Å². The lowest BCUT2D eigenvalue weighted by Gasteiger charge is -2.36. The Morgan fingerprint density at radius 3 is 2.23 bits per heavy atom. The predicted octanol–water partition coefficient (Wildman–Crippen LogP) is 5.40. The third kappa shape index (κ3) is 7.50. The molecule has 2 aliphatic rings. The van der Waals surface area contributed by atoms with E-state index in [0.717, 1.165) is 67.8 Å². The lowest BCUT2D eigenvalue weighted by molar-refractivity contribution is -0.137. The van der Waals surface area contributed by atoms with Gasteiger partial charge in [0, 0.05) is 56.2 Å². The van der Waals surface area contributed by atoms with E-state index in [0.29, 0.717) is 25.4 Å². The SMILES string of the molecule is COCCOCCN1CCN(CCCN2c3ccccc3Sc3ccc(C(F)(F)F)cc32)CC1.Cl. The van der Waals surface area contributed by atoms with Gasteiger partial charge < -0.3 is 19.3 Å². The van der Waals surface area contributed by atoms with Gasteiger partial charge in [0.1, 0.15) is 0 Å². The number of nitrogens with zero attached hydrogens (tertiary/aromatic N) is 3. The number of piperazine rings is 1. The molecule has 1 fully saturated rings. The molecule has 0 amide bonds. The number of methoxy groups -OCH3 is 1. The first kappa shape index (κ1) is 28.1. The number of hydrogen-bond acceptors (Lipinski definition) is 6. The average molecular weight is 532 g/mol. The van der Waals surface area contributed by atoms with Crippen molar-refractivity contribution in [2.75, 3.05) is 77.6 Å². The Balaban J connectivity index is 0.00000342. The van der Waals surface area contributed by atoms with E-state index in [1.54, 1.807) is 13.2 Å². The Labute approximate surface area is 216 Å². The second-order valence-corrected chi connectivity index (χ2v) is 9.63. The van der Waals surface area contributed by atoms with Crippen LogP contribution in [-0.4, -0.2) is 82.5 Å². The summed E-state index contributed by atoms with van der Waals surface area (Å²) in [7, 11) is 1.67. The highest BCUT2D eigenvalue weighted by Crippen LogP contribution is 2.49. The molecule has 0 atom stereocenters. The van der Waals surface area contributed by atoms with E-state index in [9.17, 15) is 13.2 Å². The monoisotopic (exact) mass is 531 g/mol. The molecule has 2 aromatic rings.